The second-order valence-electron chi connectivity index (χ2n) is 6.88. The third-order valence-electron chi connectivity index (χ3n) is 5.01. The first kappa shape index (κ1) is 17.4. The van der Waals surface area contributed by atoms with E-state index in [0.717, 1.165) is 23.8 Å². The standard InChI is InChI=1S/C18H26N6O/c1-18(2)14(11-15(18)25-4)23-17(19-3)21-12-13-6-8-20-16(10-13)24-9-5-7-22-24/h5-10,14-15H,11-12H2,1-4H3,(H2,19,21,23). The number of aromatic nitrogens is 3. The quantitative estimate of drug-likeness (QED) is 0.639. The van der Waals surface area contributed by atoms with E-state index in [1.54, 1.807) is 31.2 Å². The van der Waals surface area contributed by atoms with Crippen LogP contribution in [0.2, 0.25) is 0 Å². The van der Waals surface area contributed by atoms with E-state index in [1.165, 1.54) is 0 Å². The molecule has 7 heteroatoms. The molecule has 2 heterocycles. The number of guanidine groups is 1. The minimum atomic E-state index is 0.0936. The van der Waals surface area contributed by atoms with Crippen LogP contribution in [0, 0.1) is 5.41 Å². The van der Waals surface area contributed by atoms with Crippen LogP contribution in [0.15, 0.2) is 41.8 Å². The molecule has 1 fully saturated rings. The fourth-order valence-electron chi connectivity index (χ4n) is 3.18. The zero-order valence-electron chi connectivity index (χ0n) is 15.2. The van der Waals surface area contributed by atoms with Crippen molar-refractivity contribution in [2.24, 2.45) is 10.4 Å². The molecule has 0 amide bonds. The van der Waals surface area contributed by atoms with Crippen molar-refractivity contribution >= 4 is 5.96 Å². The highest BCUT2D eigenvalue weighted by Crippen LogP contribution is 2.42. The molecule has 0 radical (unpaired) electrons. The van der Waals surface area contributed by atoms with E-state index in [0.29, 0.717) is 18.7 Å². The predicted molar refractivity (Wildman–Crippen MR) is 97.7 cm³/mol. The Kier molecular flexibility index (Phi) is 5.03. The Morgan fingerprint density at radius 1 is 1.44 bits per heavy atom. The van der Waals surface area contributed by atoms with Crippen molar-refractivity contribution in [2.45, 2.75) is 39.0 Å². The van der Waals surface area contributed by atoms with Crippen molar-refractivity contribution in [3.63, 3.8) is 0 Å². The van der Waals surface area contributed by atoms with Crippen molar-refractivity contribution in [3.8, 4) is 5.82 Å². The minimum Gasteiger partial charge on any atom is -0.381 e. The molecule has 7 nitrogen and oxygen atoms in total. The average Bonchev–Trinajstić information content (AvgIpc) is 3.15. The van der Waals surface area contributed by atoms with Gasteiger partial charge in [0.15, 0.2) is 11.8 Å². The molecule has 3 rings (SSSR count). The minimum absolute atomic E-state index is 0.0936. The monoisotopic (exact) mass is 342 g/mol. The fourth-order valence-corrected chi connectivity index (χ4v) is 3.18. The maximum absolute atomic E-state index is 5.51. The van der Waals surface area contributed by atoms with Crippen LogP contribution in [0.4, 0.5) is 0 Å². The molecule has 2 aromatic heterocycles. The summed E-state index contributed by atoms with van der Waals surface area (Å²) in [6, 6.07) is 6.23. The van der Waals surface area contributed by atoms with E-state index in [9.17, 15) is 0 Å². The van der Waals surface area contributed by atoms with Gasteiger partial charge < -0.3 is 15.4 Å². The van der Waals surface area contributed by atoms with Gasteiger partial charge in [0.2, 0.25) is 0 Å². The van der Waals surface area contributed by atoms with Gasteiger partial charge in [-0.2, -0.15) is 5.10 Å². The predicted octanol–water partition coefficient (Wildman–Crippen LogP) is 1.75. The second kappa shape index (κ2) is 7.23. The Morgan fingerprint density at radius 3 is 2.92 bits per heavy atom. The molecular formula is C18H26N6O. The molecular weight excluding hydrogens is 316 g/mol. The number of hydrogen-bond acceptors (Lipinski definition) is 4. The van der Waals surface area contributed by atoms with Crippen molar-refractivity contribution in [1.29, 1.82) is 0 Å². The van der Waals surface area contributed by atoms with Gasteiger partial charge in [-0.1, -0.05) is 13.8 Å². The van der Waals surface area contributed by atoms with E-state index >= 15 is 0 Å². The van der Waals surface area contributed by atoms with E-state index in [-0.39, 0.29) is 5.41 Å². The lowest BCUT2D eigenvalue weighted by Crippen LogP contribution is -2.63. The molecule has 0 saturated heterocycles. The Bertz CT molecular complexity index is 725. The fraction of sp³-hybridized carbons (Fsp3) is 0.500. The van der Waals surface area contributed by atoms with Crippen LogP contribution in [0.5, 0.6) is 0 Å². The van der Waals surface area contributed by atoms with Gasteiger partial charge in [0.25, 0.3) is 0 Å². The molecule has 0 aromatic carbocycles. The van der Waals surface area contributed by atoms with Crippen LogP contribution < -0.4 is 10.6 Å². The van der Waals surface area contributed by atoms with E-state index in [1.807, 2.05) is 24.4 Å². The Labute approximate surface area is 148 Å². The summed E-state index contributed by atoms with van der Waals surface area (Å²) in [5.74, 6) is 1.60. The maximum Gasteiger partial charge on any atom is 0.191 e. The van der Waals surface area contributed by atoms with Gasteiger partial charge in [0, 0.05) is 50.7 Å². The van der Waals surface area contributed by atoms with Gasteiger partial charge in [0.1, 0.15) is 0 Å². The van der Waals surface area contributed by atoms with Crippen LogP contribution in [-0.2, 0) is 11.3 Å². The molecule has 0 bridgehead atoms. The summed E-state index contributed by atoms with van der Waals surface area (Å²) >= 11 is 0. The Balaban J connectivity index is 1.58. The molecule has 134 valence electrons. The van der Waals surface area contributed by atoms with Gasteiger partial charge in [0.05, 0.1) is 6.10 Å². The highest BCUT2D eigenvalue weighted by atomic mass is 16.5. The van der Waals surface area contributed by atoms with Gasteiger partial charge in [-0.05, 0) is 30.2 Å². The van der Waals surface area contributed by atoms with Crippen LogP contribution in [0.3, 0.4) is 0 Å². The third kappa shape index (κ3) is 3.66. The molecule has 2 aromatic rings. The van der Waals surface area contributed by atoms with Crippen LogP contribution >= 0.6 is 0 Å². The number of nitrogens with zero attached hydrogens (tertiary/aromatic N) is 4. The first-order valence-electron chi connectivity index (χ1n) is 8.49. The SMILES string of the molecule is CN=C(NCc1ccnc(-n2cccn2)c1)NC1CC(OC)C1(C)C. The van der Waals surface area contributed by atoms with Crippen molar-refractivity contribution in [1.82, 2.24) is 25.4 Å². The molecule has 2 atom stereocenters. The van der Waals surface area contributed by atoms with Crippen LogP contribution in [0.1, 0.15) is 25.8 Å². The summed E-state index contributed by atoms with van der Waals surface area (Å²) in [6.45, 7) is 5.10. The van der Waals surface area contributed by atoms with Gasteiger partial charge in [-0.25, -0.2) is 9.67 Å². The number of rotatable bonds is 5. The van der Waals surface area contributed by atoms with Gasteiger partial charge in [-0.15, -0.1) is 0 Å². The summed E-state index contributed by atoms with van der Waals surface area (Å²) in [6.07, 6.45) is 6.70. The largest absolute Gasteiger partial charge is 0.381 e. The number of hydrogen-bond donors (Lipinski definition) is 2. The molecule has 25 heavy (non-hydrogen) atoms. The Hall–Kier alpha value is -2.41. The molecule has 0 spiro atoms. The van der Waals surface area contributed by atoms with Crippen molar-refractivity contribution < 1.29 is 4.74 Å². The molecule has 1 saturated carbocycles. The highest BCUT2D eigenvalue weighted by Gasteiger charge is 2.48. The van der Waals surface area contributed by atoms with E-state index in [4.69, 9.17) is 4.74 Å². The number of aliphatic imine (C=N–C) groups is 1. The van der Waals surface area contributed by atoms with E-state index in [2.05, 4.69) is 39.6 Å². The first-order chi connectivity index (χ1) is 12.0. The maximum atomic E-state index is 5.51. The normalized spacial score (nSPS) is 22.3. The number of ether oxygens (including phenoxy) is 1. The average molecular weight is 342 g/mol. The van der Waals surface area contributed by atoms with Crippen molar-refractivity contribution in [2.75, 3.05) is 14.2 Å². The summed E-state index contributed by atoms with van der Waals surface area (Å²) < 4.78 is 7.26. The smallest absolute Gasteiger partial charge is 0.191 e. The molecule has 2 unspecified atom stereocenters. The third-order valence-corrected chi connectivity index (χ3v) is 5.01. The lowest BCUT2D eigenvalue weighted by molar-refractivity contribution is -0.0922. The first-order valence-corrected chi connectivity index (χ1v) is 8.49. The van der Waals surface area contributed by atoms with Gasteiger partial charge in [-0.3, -0.25) is 4.99 Å². The van der Waals surface area contributed by atoms with Crippen molar-refractivity contribution in [3.05, 3.63) is 42.4 Å². The zero-order chi connectivity index (χ0) is 17.9. The molecule has 0 aliphatic heterocycles. The molecule has 1 aliphatic rings. The highest BCUT2D eigenvalue weighted by molar-refractivity contribution is 5.80. The topological polar surface area (TPSA) is 76.4 Å². The lowest BCUT2D eigenvalue weighted by atomic mass is 9.64. The molecule has 1 aliphatic carbocycles. The molecule has 2 N–H and O–H groups in total. The van der Waals surface area contributed by atoms with Crippen LogP contribution in [0.25, 0.3) is 5.82 Å². The van der Waals surface area contributed by atoms with E-state index < -0.39 is 0 Å². The summed E-state index contributed by atoms with van der Waals surface area (Å²) in [5.41, 5.74) is 1.21. The Morgan fingerprint density at radius 2 is 2.28 bits per heavy atom. The number of methoxy groups -OCH3 is 1. The number of nitrogens with one attached hydrogen (secondary N) is 2. The summed E-state index contributed by atoms with van der Waals surface area (Å²) in [4.78, 5) is 8.68. The summed E-state index contributed by atoms with van der Waals surface area (Å²) in [5, 5.41) is 11.1. The van der Waals surface area contributed by atoms with Gasteiger partial charge >= 0.3 is 0 Å². The second-order valence-corrected chi connectivity index (χ2v) is 6.88. The van der Waals surface area contributed by atoms with Crippen LogP contribution in [-0.4, -0.2) is 47.0 Å². The summed E-state index contributed by atoms with van der Waals surface area (Å²) in [7, 11) is 3.56. The lowest BCUT2D eigenvalue weighted by Gasteiger charge is -2.51. The zero-order valence-corrected chi connectivity index (χ0v) is 15.2. The number of pyridine rings is 1.